The number of rotatable bonds is 1. The second-order valence-electron chi connectivity index (χ2n) is 4.76. The molecule has 0 fully saturated rings. The van der Waals surface area contributed by atoms with E-state index in [4.69, 9.17) is 21.1 Å². The van der Waals surface area contributed by atoms with Crippen LogP contribution in [0, 0.1) is 0 Å². The van der Waals surface area contributed by atoms with E-state index in [9.17, 15) is 4.79 Å². The van der Waals surface area contributed by atoms with E-state index in [1.807, 2.05) is 18.2 Å². The first-order valence-electron chi connectivity index (χ1n) is 6.39. The van der Waals surface area contributed by atoms with Crippen molar-refractivity contribution in [2.24, 2.45) is 0 Å². The number of furan rings is 1. The average Bonchev–Trinajstić information content (AvgIpc) is 3.00. The molecule has 0 amide bonds. The van der Waals surface area contributed by atoms with E-state index in [1.165, 1.54) is 0 Å². The normalized spacial score (nSPS) is 17.1. The van der Waals surface area contributed by atoms with Gasteiger partial charge in [0.25, 0.3) is 0 Å². The second kappa shape index (κ2) is 4.46. The van der Waals surface area contributed by atoms with E-state index in [2.05, 4.69) is 10.6 Å². The zero-order valence-corrected chi connectivity index (χ0v) is 11.6. The van der Waals surface area contributed by atoms with Crippen molar-refractivity contribution in [3.8, 4) is 0 Å². The summed E-state index contributed by atoms with van der Waals surface area (Å²) in [5.74, 6) is 0. The number of anilines is 1. The zero-order chi connectivity index (χ0) is 14.4. The van der Waals surface area contributed by atoms with E-state index in [0.29, 0.717) is 21.9 Å². The molecule has 0 saturated carbocycles. The van der Waals surface area contributed by atoms with Crippen LogP contribution >= 0.6 is 12.2 Å². The van der Waals surface area contributed by atoms with Crippen LogP contribution in [0.15, 0.2) is 56.5 Å². The SMILES string of the molecule is O=c1oc2ccccc2c2c1C(c1ccoc1)NC(=S)N2. The van der Waals surface area contributed by atoms with Crippen molar-refractivity contribution in [1.29, 1.82) is 0 Å². The minimum absolute atomic E-state index is 0.381. The first-order chi connectivity index (χ1) is 10.2. The monoisotopic (exact) mass is 298 g/mol. The largest absolute Gasteiger partial charge is 0.472 e. The summed E-state index contributed by atoms with van der Waals surface area (Å²) < 4.78 is 10.5. The summed E-state index contributed by atoms with van der Waals surface area (Å²) in [6.07, 6.45) is 3.15. The first-order valence-corrected chi connectivity index (χ1v) is 6.80. The highest BCUT2D eigenvalue weighted by atomic mass is 32.1. The lowest BCUT2D eigenvalue weighted by molar-refractivity contribution is 0.534. The highest BCUT2D eigenvalue weighted by molar-refractivity contribution is 7.80. The molecule has 3 heterocycles. The maximum atomic E-state index is 12.4. The van der Waals surface area contributed by atoms with Crippen LogP contribution in [0.5, 0.6) is 0 Å². The molecule has 6 heteroatoms. The zero-order valence-electron chi connectivity index (χ0n) is 10.8. The van der Waals surface area contributed by atoms with Gasteiger partial charge in [-0.1, -0.05) is 12.1 Å². The Labute approximate surface area is 124 Å². The molecule has 3 aromatic rings. The van der Waals surface area contributed by atoms with E-state index in [1.54, 1.807) is 24.7 Å². The quantitative estimate of drug-likeness (QED) is 0.532. The highest BCUT2D eigenvalue weighted by Crippen LogP contribution is 2.34. The third kappa shape index (κ3) is 1.84. The number of benzene rings is 1. The Morgan fingerprint density at radius 3 is 2.86 bits per heavy atom. The molecule has 0 saturated heterocycles. The first kappa shape index (κ1) is 12.2. The Bertz CT molecular complexity index is 899. The Morgan fingerprint density at radius 2 is 2.05 bits per heavy atom. The van der Waals surface area contributed by atoms with Gasteiger partial charge in [0.2, 0.25) is 0 Å². The molecular formula is C15H10N2O3S. The predicted octanol–water partition coefficient (Wildman–Crippen LogP) is 2.78. The molecule has 21 heavy (non-hydrogen) atoms. The van der Waals surface area contributed by atoms with E-state index >= 15 is 0 Å². The number of fused-ring (bicyclic) bond motifs is 3. The van der Waals surface area contributed by atoms with Crippen molar-refractivity contribution in [2.75, 3.05) is 5.32 Å². The summed E-state index contributed by atoms with van der Waals surface area (Å²) in [7, 11) is 0. The number of hydrogen-bond acceptors (Lipinski definition) is 4. The molecule has 0 aliphatic carbocycles. The second-order valence-corrected chi connectivity index (χ2v) is 5.17. The van der Waals surface area contributed by atoms with Crippen molar-refractivity contribution in [2.45, 2.75) is 6.04 Å². The standard InChI is InChI=1S/C15H10N2O3S/c18-14-11-12(8-5-6-19-7-8)16-15(21)17-13(11)9-3-1-2-4-10(9)20-14/h1-7,12H,(H2,16,17,21). The molecule has 0 spiro atoms. The molecule has 1 atom stereocenters. The van der Waals surface area contributed by atoms with Crippen LogP contribution in [0.1, 0.15) is 17.2 Å². The lowest BCUT2D eigenvalue weighted by Gasteiger charge is -2.28. The van der Waals surface area contributed by atoms with Gasteiger partial charge in [-0.05, 0) is 30.4 Å². The van der Waals surface area contributed by atoms with Crippen LogP contribution in [-0.2, 0) is 0 Å². The molecule has 2 aromatic heterocycles. The third-order valence-electron chi connectivity index (χ3n) is 3.53. The van der Waals surface area contributed by atoms with Gasteiger partial charge in [0, 0.05) is 10.9 Å². The van der Waals surface area contributed by atoms with Crippen LogP contribution in [0.4, 0.5) is 5.69 Å². The number of thiocarbonyl (C=S) groups is 1. The smallest absolute Gasteiger partial charge is 0.344 e. The Balaban J connectivity index is 2.06. The van der Waals surface area contributed by atoms with Crippen molar-refractivity contribution in [3.63, 3.8) is 0 Å². The molecular weight excluding hydrogens is 288 g/mol. The number of para-hydroxylation sites is 1. The van der Waals surface area contributed by atoms with E-state index in [0.717, 1.165) is 10.9 Å². The number of hydrogen-bond donors (Lipinski definition) is 2. The molecule has 1 aromatic carbocycles. The highest BCUT2D eigenvalue weighted by Gasteiger charge is 2.30. The van der Waals surface area contributed by atoms with Crippen molar-refractivity contribution in [3.05, 3.63) is 64.4 Å². The lowest BCUT2D eigenvalue weighted by Crippen LogP contribution is -2.40. The van der Waals surface area contributed by atoms with E-state index < -0.39 is 5.63 Å². The van der Waals surface area contributed by atoms with Crippen molar-refractivity contribution in [1.82, 2.24) is 5.32 Å². The number of nitrogens with one attached hydrogen (secondary N) is 2. The maximum absolute atomic E-state index is 12.4. The van der Waals surface area contributed by atoms with Crippen molar-refractivity contribution >= 4 is 34.0 Å². The van der Waals surface area contributed by atoms with Crippen LogP contribution in [-0.4, -0.2) is 5.11 Å². The summed E-state index contributed by atoms with van der Waals surface area (Å²) in [5.41, 5.74) is 2.16. The summed E-state index contributed by atoms with van der Waals surface area (Å²) in [6, 6.07) is 8.78. The topological polar surface area (TPSA) is 67.4 Å². The van der Waals surface area contributed by atoms with Gasteiger partial charge in [-0.2, -0.15) is 0 Å². The van der Waals surface area contributed by atoms with Gasteiger partial charge in [-0.25, -0.2) is 4.79 Å². The molecule has 2 N–H and O–H groups in total. The van der Waals surface area contributed by atoms with Gasteiger partial charge in [0.05, 0.1) is 29.8 Å². The van der Waals surface area contributed by atoms with Crippen LogP contribution in [0.25, 0.3) is 11.0 Å². The lowest BCUT2D eigenvalue weighted by atomic mass is 9.98. The molecule has 4 rings (SSSR count). The molecule has 0 radical (unpaired) electrons. The predicted molar refractivity (Wildman–Crippen MR) is 82.4 cm³/mol. The Kier molecular flexibility index (Phi) is 2.58. The minimum atomic E-state index is -0.391. The summed E-state index contributed by atoms with van der Waals surface area (Å²) >= 11 is 5.25. The molecule has 0 bridgehead atoms. The summed E-state index contributed by atoms with van der Waals surface area (Å²) in [6.45, 7) is 0. The van der Waals surface area contributed by atoms with Gasteiger partial charge in [0.1, 0.15) is 5.58 Å². The molecule has 104 valence electrons. The van der Waals surface area contributed by atoms with Gasteiger partial charge in [-0.3, -0.25) is 0 Å². The molecule has 1 aliphatic rings. The molecule has 1 unspecified atom stereocenters. The maximum Gasteiger partial charge on any atom is 0.344 e. The van der Waals surface area contributed by atoms with Crippen LogP contribution < -0.4 is 16.3 Å². The summed E-state index contributed by atoms with van der Waals surface area (Å²) in [4.78, 5) is 12.4. The van der Waals surface area contributed by atoms with E-state index in [-0.39, 0.29) is 6.04 Å². The van der Waals surface area contributed by atoms with Crippen LogP contribution in [0.2, 0.25) is 0 Å². The van der Waals surface area contributed by atoms with Gasteiger partial charge >= 0.3 is 5.63 Å². The van der Waals surface area contributed by atoms with Crippen LogP contribution in [0.3, 0.4) is 0 Å². The fraction of sp³-hybridized carbons (Fsp3) is 0.0667. The van der Waals surface area contributed by atoms with Gasteiger partial charge < -0.3 is 19.5 Å². The summed E-state index contributed by atoms with van der Waals surface area (Å²) in [5, 5.41) is 7.43. The average molecular weight is 298 g/mol. The molecule has 1 aliphatic heterocycles. The Morgan fingerprint density at radius 1 is 1.19 bits per heavy atom. The fourth-order valence-electron chi connectivity index (χ4n) is 2.60. The fourth-order valence-corrected chi connectivity index (χ4v) is 2.82. The van der Waals surface area contributed by atoms with Gasteiger partial charge in [-0.15, -0.1) is 0 Å². The minimum Gasteiger partial charge on any atom is -0.472 e. The molecule has 5 nitrogen and oxygen atoms in total. The van der Waals surface area contributed by atoms with Crippen molar-refractivity contribution < 1.29 is 8.83 Å². The third-order valence-corrected chi connectivity index (χ3v) is 3.75. The Hall–Kier alpha value is -2.60. The van der Waals surface area contributed by atoms with Gasteiger partial charge in [0.15, 0.2) is 5.11 Å².